The van der Waals surface area contributed by atoms with E-state index in [0.29, 0.717) is 23.9 Å². The fourth-order valence-corrected chi connectivity index (χ4v) is 5.96. The summed E-state index contributed by atoms with van der Waals surface area (Å²) < 4.78 is 34.1. The Morgan fingerprint density at radius 1 is 0.517 bits per heavy atom. The van der Waals surface area contributed by atoms with Gasteiger partial charge in [-0.25, -0.2) is 4.57 Å². The maximum atomic E-state index is 12.7. The van der Waals surface area contributed by atoms with Gasteiger partial charge in [-0.3, -0.25) is 18.6 Å². The molecule has 0 saturated heterocycles. The molecule has 0 radical (unpaired) electrons. The molecule has 0 aliphatic heterocycles. The zero-order valence-electron chi connectivity index (χ0n) is 38.1. The van der Waals surface area contributed by atoms with Gasteiger partial charge in [0, 0.05) is 12.8 Å². The van der Waals surface area contributed by atoms with Gasteiger partial charge in [0.2, 0.25) is 0 Å². The number of phosphoric ester groups is 1. The van der Waals surface area contributed by atoms with Crippen LogP contribution in [0.15, 0.2) is 109 Å². The second kappa shape index (κ2) is 41.0. The van der Waals surface area contributed by atoms with Crippen molar-refractivity contribution in [1.82, 2.24) is 0 Å². The number of carbonyl (C=O) groups is 2. The van der Waals surface area contributed by atoms with Gasteiger partial charge in [0.1, 0.15) is 19.8 Å². The predicted molar refractivity (Wildman–Crippen MR) is 251 cm³/mol. The number of rotatable bonds is 39. The highest BCUT2D eigenvalue weighted by molar-refractivity contribution is 7.47. The van der Waals surface area contributed by atoms with Crippen LogP contribution in [0.5, 0.6) is 0 Å². The lowest BCUT2D eigenvalue weighted by Gasteiger charge is -2.24. The molecule has 0 bridgehead atoms. The van der Waals surface area contributed by atoms with Crippen LogP contribution >= 0.6 is 7.82 Å². The Hall–Kier alpha value is -3.33. The molecule has 0 aromatic rings. The maximum Gasteiger partial charge on any atom is 0.472 e. The molecule has 1 N–H and O–H groups in total. The molecule has 0 heterocycles. The number of hydrogen-bond acceptors (Lipinski definition) is 7. The number of phosphoric acid groups is 1. The molecule has 0 aliphatic rings. The topological polar surface area (TPSA) is 108 Å². The number of nitrogens with zero attached hydrogens (tertiary/aromatic N) is 1. The van der Waals surface area contributed by atoms with E-state index >= 15 is 0 Å². The van der Waals surface area contributed by atoms with Crippen LogP contribution < -0.4 is 0 Å². The first kappa shape index (κ1) is 56.7. The Labute approximate surface area is 366 Å². The molecule has 0 rings (SSSR count). The summed E-state index contributed by atoms with van der Waals surface area (Å²) in [5, 5.41) is 0. The smallest absolute Gasteiger partial charge is 0.462 e. The number of likely N-dealkylation sites (N-methyl/N-ethyl adjacent to an activating group) is 1. The largest absolute Gasteiger partial charge is 0.472 e. The maximum absolute atomic E-state index is 12.7. The van der Waals surface area contributed by atoms with Gasteiger partial charge >= 0.3 is 19.8 Å². The number of hydrogen-bond donors (Lipinski definition) is 1. The highest BCUT2D eigenvalue weighted by atomic mass is 31.2. The molecule has 0 aromatic heterocycles. The van der Waals surface area contributed by atoms with Crippen molar-refractivity contribution in [2.45, 2.75) is 148 Å². The lowest BCUT2D eigenvalue weighted by molar-refractivity contribution is -0.870. The number of carbonyl (C=O) groups excluding carboxylic acids is 2. The average Bonchev–Trinajstić information content (AvgIpc) is 3.20. The van der Waals surface area contributed by atoms with Gasteiger partial charge in [0.25, 0.3) is 0 Å². The normalized spacial score (nSPS) is 14.6. The van der Waals surface area contributed by atoms with Crippen molar-refractivity contribution in [1.29, 1.82) is 0 Å². The minimum atomic E-state index is -4.42. The van der Waals surface area contributed by atoms with Crippen LogP contribution in [0.3, 0.4) is 0 Å². The van der Waals surface area contributed by atoms with E-state index in [1.54, 1.807) is 0 Å². The second-order valence-corrected chi connectivity index (χ2v) is 17.2. The number of ether oxygens (including phenoxy) is 2. The molecule has 10 heteroatoms. The standard InChI is InChI=1S/C50H82NO8P/c1-6-8-10-12-14-16-18-20-22-24-25-27-29-31-33-35-37-39-41-43-50(53)59-48(47-58-60(54,55)57-45-44-51(3,4)5)46-56-49(52)42-40-38-36-34-32-30-28-26-23-21-19-17-15-13-11-9-7-2/h14-17,20-23,25,27-28,30-31,33-34,36-37,39,48H,6-13,18-19,24,26,29,32,35,38,40-47H2,1-5H3/p+1/b16-14-,17-15-,22-20-,23-21-,27-25-,30-28-,33-31-,36-34-,39-37-/t48-/m1/s1. The van der Waals surface area contributed by atoms with Crippen LogP contribution in [0.25, 0.3) is 0 Å². The third kappa shape index (κ3) is 44.2. The molecule has 0 fully saturated rings. The van der Waals surface area contributed by atoms with Crippen molar-refractivity contribution in [3.05, 3.63) is 109 Å². The Bertz CT molecular complexity index is 1380. The highest BCUT2D eigenvalue weighted by Gasteiger charge is 2.27. The second-order valence-electron chi connectivity index (χ2n) is 15.7. The first-order chi connectivity index (χ1) is 29.0. The Kier molecular flexibility index (Phi) is 38.8. The number of allylic oxidation sites excluding steroid dienone is 18. The molecule has 0 aliphatic carbocycles. The minimum Gasteiger partial charge on any atom is -0.462 e. The predicted octanol–water partition coefficient (Wildman–Crippen LogP) is 13.1. The summed E-state index contributed by atoms with van der Waals surface area (Å²) in [6.45, 7) is 4.18. The van der Waals surface area contributed by atoms with E-state index in [1.165, 1.54) is 51.4 Å². The van der Waals surface area contributed by atoms with E-state index in [2.05, 4.69) is 105 Å². The number of quaternary nitrogens is 1. The number of unbranched alkanes of at least 4 members (excludes halogenated alkanes) is 7. The van der Waals surface area contributed by atoms with E-state index in [4.69, 9.17) is 18.5 Å². The molecule has 1 unspecified atom stereocenters. The van der Waals surface area contributed by atoms with E-state index in [9.17, 15) is 19.0 Å². The molecular weight excluding hydrogens is 774 g/mol. The lowest BCUT2D eigenvalue weighted by Crippen LogP contribution is -2.37. The monoisotopic (exact) mass is 857 g/mol. The molecule has 0 aromatic carbocycles. The van der Waals surface area contributed by atoms with E-state index in [-0.39, 0.29) is 26.1 Å². The summed E-state index contributed by atoms with van der Waals surface area (Å²) in [6, 6.07) is 0. The van der Waals surface area contributed by atoms with Gasteiger partial charge < -0.3 is 18.9 Å². The van der Waals surface area contributed by atoms with Crippen LogP contribution in [0.1, 0.15) is 142 Å². The molecule has 60 heavy (non-hydrogen) atoms. The average molecular weight is 857 g/mol. The first-order valence-electron chi connectivity index (χ1n) is 22.6. The van der Waals surface area contributed by atoms with Crippen molar-refractivity contribution in [3.63, 3.8) is 0 Å². The van der Waals surface area contributed by atoms with Crippen LogP contribution in [-0.4, -0.2) is 74.9 Å². The van der Waals surface area contributed by atoms with Gasteiger partial charge in [0.05, 0.1) is 27.7 Å². The zero-order chi connectivity index (χ0) is 44.3. The van der Waals surface area contributed by atoms with E-state index in [1.807, 2.05) is 39.4 Å². The van der Waals surface area contributed by atoms with Gasteiger partial charge in [-0.05, 0) is 89.9 Å². The first-order valence-corrected chi connectivity index (χ1v) is 24.1. The summed E-state index contributed by atoms with van der Waals surface area (Å²) in [5.74, 6) is -0.973. The quantitative estimate of drug-likeness (QED) is 0.0214. The van der Waals surface area contributed by atoms with E-state index < -0.39 is 32.5 Å². The fourth-order valence-electron chi connectivity index (χ4n) is 5.22. The Morgan fingerprint density at radius 2 is 0.917 bits per heavy atom. The summed E-state index contributed by atoms with van der Waals surface area (Å²) >= 11 is 0. The van der Waals surface area contributed by atoms with Gasteiger partial charge in [-0.15, -0.1) is 0 Å². The highest BCUT2D eigenvalue weighted by Crippen LogP contribution is 2.43. The van der Waals surface area contributed by atoms with Crippen molar-refractivity contribution >= 4 is 19.8 Å². The molecule has 0 amide bonds. The van der Waals surface area contributed by atoms with Gasteiger partial charge in [-0.1, -0.05) is 149 Å². The van der Waals surface area contributed by atoms with Crippen molar-refractivity contribution in [3.8, 4) is 0 Å². The number of esters is 2. The third-order valence-corrected chi connectivity index (χ3v) is 9.77. The molecular formula is C50H83NO8P+. The van der Waals surface area contributed by atoms with E-state index in [0.717, 1.165) is 51.4 Å². The molecule has 2 atom stereocenters. The Morgan fingerprint density at radius 3 is 1.33 bits per heavy atom. The zero-order valence-corrected chi connectivity index (χ0v) is 39.0. The molecule has 9 nitrogen and oxygen atoms in total. The van der Waals surface area contributed by atoms with Crippen LogP contribution in [0.4, 0.5) is 0 Å². The molecule has 0 saturated carbocycles. The van der Waals surface area contributed by atoms with Crippen molar-refractivity contribution in [2.24, 2.45) is 0 Å². The summed E-state index contributed by atoms with van der Waals surface area (Å²) in [5.41, 5.74) is 0. The van der Waals surface area contributed by atoms with Crippen molar-refractivity contribution in [2.75, 3.05) is 47.5 Å². The van der Waals surface area contributed by atoms with Crippen LogP contribution in [-0.2, 0) is 32.7 Å². The van der Waals surface area contributed by atoms with Crippen molar-refractivity contribution < 1.29 is 42.1 Å². The lowest BCUT2D eigenvalue weighted by atomic mass is 10.2. The minimum absolute atomic E-state index is 0.00352. The van der Waals surface area contributed by atoms with Crippen LogP contribution in [0, 0.1) is 0 Å². The van der Waals surface area contributed by atoms with Gasteiger partial charge in [-0.2, -0.15) is 0 Å². The fraction of sp³-hybridized carbons (Fsp3) is 0.600. The summed E-state index contributed by atoms with van der Waals surface area (Å²) in [6.07, 6.45) is 55.9. The third-order valence-electron chi connectivity index (χ3n) is 8.79. The SMILES string of the molecule is CCCCC/C=C\C/C=C\C/C=C\C/C=C\C/C=C\CCC(=O)O[C@H](COC(=O)CCC/C=C\C/C=C\C/C=C\C/C=C\CCCCC)COP(=O)(O)OCC[N+](C)(C)C. The Balaban J connectivity index is 4.59. The summed E-state index contributed by atoms with van der Waals surface area (Å²) in [7, 11) is 1.38. The summed E-state index contributed by atoms with van der Waals surface area (Å²) in [4.78, 5) is 35.3. The molecule has 0 spiro atoms. The van der Waals surface area contributed by atoms with Gasteiger partial charge in [0.15, 0.2) is 6.10 Å². The molecule has 340 valence electrons. The van der Waals surface area contributed by atoms with Crippen LogP contribution in [0.2, 0.25) is 0 Å².